The minimum Gasteiger partial charge on any atom is -0.380 e. The lowest BCUT2D eigenvalue weighted by atomic mass is 10.2. The molecule has 0 spiro atoms. The number of aromatic nitrogens is 5. The van der Waals surface area contributed by atoms with Crippen LogP contribution in [0.5, 0.6) is 0 Å². The Hall–Kier alpha value is -3.27. The summed E-state index contributed by atoms with van der Waals surface area (Å²) < 4.78 is 12.4. The molecule has 1 fully saturated rings. The number of benzene rings is 1. The van der Waals surface area contributed by atoms with Gasteiger partial charge in [0.25, 0.3) is 0 Å². The van der Waals surface area contributed by atoms with Gasteiger partial charge in [0.15, 0.2) is 11.6 Å². The zero-order chi connectivity index (χ0) is 19.7. The summed E-state index contributed by atoms with van der Waals surface area (Å²) in [6, 6.07) is 6.81. The molecule has 2 amide bonds. The van der Waals surface area contributed by atoms with Crippen molar-refractivity contribution in [2.75, 3.05) is 19.0 Å². The van der Waals surface area contributed by atoms with Gasteiger partial charge in [-0.05, 0) is 31.2 Å². The van der Waals surface area contributed by atoms with Crippen LogP contribution in [0.15, 0.2) is 35.1 Å². The highest BCUT2D eigenvalue weighted by atomic mass is 16.5. The lowest BCUT2D eigenvalue weighted by Crippen LogP contribution is -2.35. The van der Waals surface area contributed by atoms with E-state index in [1.807, 2.05) is 31.3 Å². The standard InChI is InChI=1S/C18H21N7O3/c1-11-20-17(28-23-11)15-8-14(27-3)9-25(15)18(26)21-13-6-4-12(5-7-13)16-19-10-24(2)22-16/h4-7,10,14-15H,8-9H2,1-3H3,(H,21,26)/t14-,15+/m0/s1. The van der Waals surface area contributed by atoms with E-state index in [1.54, 1.807) is 29.9 Å². The van der Waals surface area contributed by atoms with Crippen LogP contribution in [0.1, 0.15) is 24.2 Å². The number of anilines is 1. The van der Waals surface area contributed by atoms with Crippen LogP contribution < -0.4 is 5.32 Å². The van der Waals surface area contributed by atoms with Crippen molar-refractivity contribution < 1.29 is 14.1 Å². The summed E-state index contributed by atoms with van der Waals surface area (Å²) in [5.41, 5.74) is 1.55. The number of nitrogens with zero attached hydrogens (tertiary/aromatic N) is 6. The summed E-state index contributed by atoms with van der Waals surface area (Å²) in [5.74, 6) is 1.59. The number of aryl methyl sites for hydroxylation is 2. The Morgan fingerprint density at radius 3 is 2.71 bits per heavy atom. The minimum atomic E-state index is -0.317. The van der Waals surface area contributed by atoms with Gasteiger partial charge in [0, 0.05) is 38.4 Å². The van der Waals surface area contributed by atoms with E-state index in [0.29, 0.717) is 36.2 Å². The third-order valence-electron chi connectivity index (χ3n) is 4.68. The number of rotatable bonds is 4. The van der Waals surface area contributed by atoms with Crippen molar-refractivity contribution in [2.45, 2.75) is 25.5 Å². The average molecular weight is 383 g/mol. The largest absolute Gasteiger partial charge is 0.380 e. The molecule has 4 rings (SSSR count). The van der Waals surface area contributed by atoms with E-state index in [-0.39, 0.29) is 18.2 Å². The number of ether oxygens (including phenoxy) is 1. The predicted octanol–water partition coefficient (Wildman–Crippen LogP) is 2.17. The fourth-order valence-electron chi connectivity index (χ4n) is 3.24. The highest BCUT2D eigenvalue weighted by Crippen LogP contribution is 2.33. The number of carbonyl (C=O) groups excluding carboxylic acids is 1. The second kappa shape index (κ2) is 7.39. The number of nitrogens with one attached hydrogen (secondary N) is 1. The zero-order valence-corrected chi connectivity index (χ0v) is 15.9. The molecule has 3 aromatic rings. The van der Waals surface area contributed by atoms with Gasteiger partial charge in [-0.15, -0.1) is 0 Å². The maximum absolute atomic E-state index is 12.9. The molecule has 10 nitrogen and oxygen atoms in total. The fraction of sp³-hybridized carbons (Fsp3) is 0.389. The maximum atomic E-state index is 12.9. The van der Waals surface area contributed by atoms with Gasteiger partial charge in [-0.2, -0.15) is 10.1 Å². The van der Waals surface area contributed by atoms with Crippen molar-refractivity contribution >= 4 is 11.7 Å². The summed E-state index contributed by atoms with van der Waals surface area (Å²) in [6.45, 7) is 2.20. The molecule has 0 aliphatic carbocycles. The van der Waals surface area contributed by atoms with Crippen LogP contribution in [0.3, 0.4) is 0 Å². The van der Waals surface area contributed by atoms with Crippen molar-refractivity contribution in [3.8, 4) is 11.4 Å². The monoisotopic (exact) mass is 383 g/mol. The Morgan fingerprint density at radius 2 is 2.11 bits per heavy atom. The third-order valence-corrected chi connectivity index (χ3v) is 4.68. The highest BCUT2D eigenvalue weighted by Gasteiger charge is 2.39. The number of hydrogen-bond donors (Lipinski definition) is 1. The second-order valence-electron chi connectivity index (χ2n) is 6.69. The first-order valence-corrected chi connectivity index (χ1v) is 8.90. The first-order chi connectivity index (χ1) is 13.5. The van der Waals surface area contributed by atoms with E-state index >= 15 is 0 Å². The van der Waals surface area contributed by atoms with E-state index in [1.165, 1.54) is 0 Å². The van der Waals surface area contributed by atoms with Gasteiger partial charge in [0.1, 0.15) is 12.4 Å². The number of amides is 2. The topological polar surface area (TPSA) is 111 Å². The smallest absolute Gasteiger partial charge is 0.322 e. The SMILES string of the molecule is CO[C@H]1C[C@H](c2nc(C)no2)N(C(=O)Nc2ccc(-c3ncn(C)n3)cc2)C1. The summed E-state index contributed by atoms with van der Waals surface area (Å²) >= 11 is 0. The molecule has 0 radical (unpaired) electrons. The van der Waals surface area contributed by atoms with Crippen LogP contribution in [0.4, 0.5) is 10.5 Å². The Morgan fingerprint density at radius 1 is 1.32 bits per heavy atom. The summed E-state index contributed by atoms with van der Waals surface area (Å²) in [5, 5.41) is 11.0. The van der Waals surface area contributed by atoms with Gasteiger partial charge >= 0.3 is 6.03 Å². The molecule has 1 saturated heterocycles. The molecule has 1 aromatic carbocycles. The van der Waals surface area contributed by atoms with Gasteiger partial charge in [-0.3, -0.25) is 4.68 Å². The van der Waals surface area contributed by atoms with Crippen molar-refractivity contribution in [3.05, 3.63) is 42.3 Å². The van der Waals surface area contributed by atoms with Crippen LogP contribution in [0.2, 0.25) is 0 Å². The minimum absolute atomic E-state index is 0.0828. The molecule has 10 heteroatoms. The van der Waals surface area contributed by atoms with E-state index in [9.17, 15) is 4.79 Å². The molecule has 1 aliphatic rings. The van der Waals surface area contributed by atoms with Crippen LogP contribution in [0.25, 0.3) is 11.4 Å². The third kappa shape index (κ3) is 3.58. The average Bonchev–Trinajstić information content (AvgIpc) is 3.41. The molecule has 146 valence electrons. The van der Waals surface area contributed by atoms with E-state index in [4.69, 9.17) is 9.26 Å². The van der Waals surface area contributed by atoms with Crippen LogP contribution in [-0.4, -0.2) is 55.6 Å². The number of likely N-dealkylation sites (tertiary alicyclic amines) is 1. The van der Waals surface area contributed by atoms with E-state index < -0.39 is 0 Å². The Balaban J connectivity index is 1.48. The van der Waals surface area contributed by atoms with Crippen LogP contribution >= 0.6 is 0 Å². The highest BCUT2D eigenvalue weighted by molar-refractivity contribution is 5.90. The number of carbonyl (C=O) groups is 1. The van der Waals surface area contributed by atoms with Gasteiger partial charge < -0.3 is 19.5 Å². The first kappa shape index (κ1) is 18.1. The fourth-order valence-corrected chi connectivity index (χ4v) is 3.24. The Bertz CT molecular complexity index is 966. The molecule has 0 saturated carbocycles. The number of hydrogen-bond acceptors (Lipinski definition) is 7. The van der Waals surface area contributed by atoms with Crippen LogP contribution in [0, 0.1) is 6.92 Å². The van der Waals surface area contributed by atoms with Crippen molar-refractivity contribution in [1.82, 2.24) is 29.8 Å². The summed E-state index contributed by atoms with van der Waals surface area (Å²) in [4.78, 5) is 23.0. The van der Waals surface area contributed by atoms with Crippen molar-refractivity contribution in [2.24, 2.45) is 7.05 Å². The lowest BCUT2D eigenvalue weighted by molar-refractivity contribution is 0.111. The Labute approximate surface area is 161 Å². The zero-order valence-electron chi connectivity index (χ0n) is 15.9. The van der Waals surface area contributed by atoms with Crippen molar-refractivity contribution in [3.63, 3.8) is 0 Å². The van der Waals surface area contributed by atoms with Gasteiger partial charge in [0.2, 0.25) is 5.89 Å². The molecule has 2 aromatic heterocycles. The number of methoxy groups -OCH3 is 1. The van der Waals surface area contributed by atoms with Crippen molar-refractivity contribution in [1.29, 1.82) is 0 Å². The Kier molecular flexibility index (Phi) is 4.78. The van der Waals surface area contributed by atoms with E-state index in [2.05, 4.69) is 25.5 Å². The summed E-state index contributed by atoms with van der Waals surface area (Å²) in [7, 11) is 3.45. The molecular formula is C18H21N7O3. The molecule has 3 heterocycles. The molecule has 1 N–H and O–H groups in total. The van der Waals surface area contributed by atoms with E-state index in [0.717, 1.165) is 5.56 Å². The molecule has 0 unspecified atom stereocenters. The van der Waals surface area contributed by atoms with Gasteiger partial charge in [-0.1, -0.05) is 5.16 Å². The summed E-state index contributed by atoms with van der Waals surface area (Å²) in [6.07, 6.45) is 2.17. The maximum Gasteiger partial charge on any atom is 0.322 e. The molecule has 0 bridgehead atoms. The van der Waals surface area contributed by atoms with Gasteiger partial charge in [-0.25, -0.2) is 9.78 Å². The van der Waals surface area contributed by atoms with Crippen LogP contribution in [-0.2, 0) is 11.8 Å². The normalized spacial score (nSPS) is 19.2. The molecular weight excluding hydrogens is 362 g/mol. The predicted molar refractivity (Wildman–Crippen MR) is 99.4 cm³/mol. The van der Waals surface area contributed by atoms with Gasteiger partial charge in [0.05, 0.1) is 6.10 Å². The quantitative estimate of drug-likeness (QED) is 0.735. The molecule has 28 heavy (non-hydrogen) atoms. The first-order valence-electron chi connectivity index (χ1n) is 8.90. The second-order valence-corrected chi connectivity index (χ2v) is 6.69. The lowest BCUT2D eigenvalue weighted by Gasteiger charge is -2.22. The number of urea groups is 1. The molecule has 1 aliphatic heterocycles. The molecule has 2 atom stereocenters.